The Hall–Kier alpha value is -3.15. The van der Waals surface area contributed by atoms with Gasteiger partial charge < -0.3 is 0 Å². The molecule has 5 aromatic rings. The predicted molar refractivity (Wildman–Crippen MR) is 132 cm³/mol. The van der Waals surface area contributed by atoms with Gasteiger partial charge in [-0.2, -0.15) is 21.2 Å². The van der Waals surface area contributed by atoms with Crippen molar-refractivity contribution in [2.45, 2.75) is 16.4 Å². The Morgan fingerprint density at radius 3 is 2.03 bits per heavy atom. The predicted octanol–water partition coefficient (Wildman–Crippen LogP) is 5.29. The van der Waals surface area contributed by atoms with E-state index in [0.29, 0.717) is 10.9 Å². The molecule has 0 saturated heterocycles. The van der Waals surface area contributed by atoms with Gasteiger partial charge in [0.15, 0.2) is 0 Å². The van der Waals surface area contributed by atoms with Gasteiger partial charge in [0.05, 0.1) is 11.3 Å². The zero-order valence-electron chi connectivity index (χ0n) is 17.6. The van der Waals surface area contributed by atoms with Crippen molar-refractivity contribution in [3.63, 3.8) is 0 Å². The summed E-state index contributed by atoms with van der Waals surface area (Å²) in [5.74, 6) is 0. The minimum Gasteiger partial charge on any atom is -0.282 e. The molecule has 5 rings (SSSR count). The summed E-state index contributed by atoms with van der Waals surface area (Å²) in [5, 5.41) is 1.50. The highest BCUT2D eigenvalue weighted by molar-refractivity contribution is 7.87. The van der Waals surface area contributed by atoms with Gasteiger partial charge in [-0.15, -0.1) is 0 Å². The normalized spacial score (nSPS) is 11.8. The number of benzene rings is 4. The van der Waals surface area contributed by atoms with E-state index in [-0.39, 0.29) is 16.9 Å². The van der Waals surface area contributed by atoms with E-state index in [0.717, 1.165) is 6.07 Å². The van der Waals surface area contributed by atoms with E-state index in [1.54, 1.807) is 42.5 Å². The van der Waals surface area contributed by atoms with Crippen molar-refractivity contribution in [1.82, 2.24) is 4.37 Å². The average Bonchev–Trinajstić information content (AvgIpc) is 3.31. The van der Waals surface area contributed by atoms with Crippen molar-refractivity contribution >= 4 is 52.6 Å². The van der Waals surface area contributed by atoms with E-state index in [4.69, 9.17) is 4.18 Å². The standard InChI is InChI=1S/C17H14O6S2.C7H5NS/c18-24(19,20)15-10-4-8-14-9-5-11-16(17(14)15)25(21,22)23-12-13-6-2-1-3-7-13;1-2-4-7-6(3-1)5-8-9-7/h1-11H,12H2,(H,18,19,20);1-5H. The van der Waals surface area contributed by atoms with Gasteiger partial charge in [-0.3, -0.25) is 8.74 Å². The minimum absolute atomic E-state index is 0.0967. The summed E-state index contributed by atoms with van der Waals surface area (Å²) in [6.07, 6.45) is 1.89. The molecule has 1 heterocycles. The van der Waals surface area contributed by atoms with Crippen LogP contribution < -0.4 is 0 Å². The average molecular weight is 514 g/mol. The molecule has 174 valence electrons. The lowest BCUT2D eigenvalue weighted by Crippen LogP contribution is -2.09. The Morgan fingerprint density at radius 2 is 1.35 bits per heavy atom. The zero-order chi connectivity index (χ0) is 24.2. The van der Waals surface area contributed by atoms with Gasteiger partial charge in [-0.25, -0.2) is 0 Å². The smallest absolute Gasteiger partial charge is 0.282 e. The highest BCUT2D eigenvalue weighted by atomic mass is 32.2. The van der Waals surface area contributed by atoms with Crippen LogP contribution in [0.3, 0.4) is 0 Å². The number of hydrogen-bond acceptors (Lipinski definition) is 7. The summed E-state index contributed by atoms with van der Waals surface area (Å²) >= 11 is 1.54. The number of hydrogen-bond donors (Lipinski definition) is 1. The van der Waals surface area contributed by atoms with Crippen LogP contribution in [0.2, 0.25) is 0 Å². The molecule has 0 fully saturated rings. The molecular formula is C24H19NO6S3. The number of aromatic nitrogens is 1. The Kier molecular flexibility index (Phi) is 7.05. The first kappa shape index (κ1) is 24.0. The van der Waals surface area contributed by atoms with E-state index >= 15 is 0 Å². The largest absolute Gasteiger partial charge is 0.297 e. The van der Waals surface area contributed by atoms with Crippen molar-refractivity contribution in [2.75, 3.05) is 0 Å². The van der Waals surface area contributed by atoms with Crippen LogP contribution in [0.25, 0.3) is 20.9 Å². The second-order valence-corrected chi connectivity index (χ2v) is 11.0. The lowest BCUT2D eigenvalue weighted by atomic mass is 10.1. The molecule has 1 N–H and O–H groups in total. The maximum atomic E-state index is 12.6. The highest BCUT2D eigenvalue weighted by Crippen LogP contribution is 2.30. The molecule has 0 aliphatic carbocycles. The van der Waals surface area contributed by atoms with Crippen LogP contribution in [0.1, 0.15) is 5.56 Å². The summed E-state index contributed by atoms with van der Waals surface area (Å²) in [7, 11) is -8.84. The molecule has 1 aromatic heterocycles. The summed E-state index contributed by atoms with van der Waals surface area (Å²) in [4.78, 5) is -0.790. The molecule has 0 amide bonds. The molecule has 0 unspecified atom stereocenters. The first-order valence-corrected chi connectivity index (χ1v) is 13.6. The lowest BCUT2D eigenvalue weighted by Gasteiger charge is -2.11. The zero-order valence-corrected chi connectivity index (χ0v) is 20.1. The van der Waals surface area contributed by atoms with Crippen LogP contribution >= 0.6 is 11.5 Å². The molecule has 0 radical (unpaired) electrons. The van der Waals surface area contributed by atoms with Crippen molar-refractivity contribution in [3.05, 3.63) is 103 Å². The molecule has 0 bridgehead atoms. The highest BCUT2D eigenvalue weighted by Gasteiger charge is 2.24. The van der Waals surface area contributed by atoms with Crippen LogP contribution in [0.4, 0.5) is 0 Å². The Bertz CT molecular complexity index is 1610. The number of rotatable bonds is 5. The van der Waals surface area contributed by atoms with Gasteiger partial charge in [0.2, 0.25) is 0 Å². The summed E-state index contributed by atoms with van der Waals surface area (Å²) in [6, 6.07) is 25.3. The summed E-state index contributed by atoms with van der Waals surface area (Å²) < 4.78 is 68.2. The molecule has 34 heavy (non-hydrogen) atoms. The molecule has 0 aliphatic rings. The molecular weight excluding hydrogens is 494 g/mol. The van der Waals surface area contributed by atoms with Crippen molar-refractivity contribution in [3.8, 4) is 0 Å². The SMILES string of the molecule is O=S(=O)(O)c1cccc2cccc(S(=O)(=O)OCc3ccccc3)c12.c1ccc2sncc2c1. The van der Waals surface area contributed by atoms with E-state index in [1.807, 2.05) is 18.3 Å². The van der Waals surface area contributed by atoms with Gasteiger partial charge in [-0.05, 0) is 40.7 Å². The van der Waals surface area contributed by atoms with E-state index < -0.39 is 25.1 Å². The minimum atomic E-state index is -4.60. The van der Waals surface area contributed by atoms with Crippen LogP contribution in [-0.2, 0) is 31.0 Å². The quantitative estimate of drug-likeness (QED) is 0.251. The molecule has 0 atom stereocenters. The van der Waals surface area contributed by atoms with Crippen molar-refractivity contribution in [2.24, 2.45) is 0 Å². The van der Waals surface area contributed by atoms with Crippen LogP contribution in [0, 0.1) is 0 Å². The molecule has 7 nitrogen and oxygen atoms in total. The van der Waals surface area contributed by atoms with Gasteiger partial charge in [-0.1, -0.05) is 72.8 Å². The first-order chi connectivity index (χ1) is 16.3. The molecule has 0 spiro atoms. The molecule has 4 aromatic carbocycles. The second kappa shape index (κ2) is 10.00. The summed E-state index contributed by atoms with van der Waals surface area (Å²) in [6.45, 7) is -0.187. The fraction of sp³-hybridized carbons (Fsp3) is 0.0417. The Morgan fingerprint density at radius 1 is 0.735 bits per heavy atom. The van der Waals surface area contributed by atoms with E-state index in [1.165, 1.54) is 39.8 Å². The Labute approximate surface area is 201 Å². The van der Waals surface area contributed by atoms with Crippen LogP contribution in [0.15, 0.2) is 107 Å². The monoisotopic (exact) mass is 513 g/mol. The maximum Gasteiger partial charge on any atom is 0.297 e. The van der Waals surface area contributed by atoms with E-state index in [2.05, 4.69) is 16.5 Å². The molecule has 0 aliphatic heterocycles. The van der Waals surface area contributed by atoms with Crippen molar-refractivity contribution in [1.29, 1.82) is 0 Å². The second-order valence-electron chi connectivity index (χ2n) is 7.15. The van der Waals surface area contributed by atoms with Crippen LogP contribution in [0.5, 0.6) is 0 Å². The topological polar surface area (TPSA) is 111 Å². The van der Waals surface area contributed by atoms with E-state index in [9.17, 15) is 21.4 Å². The Balaban J connectivity index is 0.000000252. The fourth-order valence-electron chi connectivity index (χ4n) is 3.29. The number of nitrogens with zero attached hydrogens (tertiary/aromatic N) is 1. The first-order valence-electron chi connectivity index (χ1n) is 9.98. The molecule has 10 heteroatoms. The third-order valence-corrected chi connectivity index (χ3v) is 7.84. The van der Waals surface area contributed by atoms with Crippen molar-refractivity contribution < 1.29 is 25.6 Å². The number of fused-ring (bicyclic) bond motifs is 2. The summed E-state index contributed by atoms with van der Waals surface area (Å²) in [5.41, 5.74) is 0.654. The van der Waals surface area contributed by atoms with Crippen LogP contribution in [-0.4, -0.2) is 25.8 Å². The van der Waals surface area contributed by atoms with Gasteiger partial charge in [0.25, 0.3) is 20.2 Å². The van der Waals surface area contributed by atoms with Gasteiger partial charge >= 0.3 is 0 Å². The maximum absolute atomic E-state index is 12.6. The third kappa shape index (κ3) is 5.49. The van der Waals surface area contributed by atoms with Gasteiger partial charge in [0.1, 0.15) is 9.79 Å². The molecule has 0 saturated carbocycles. The third-order valence-electron chi connectivity index (χ3n) is 4.86. The lowest BCUT2D eigenvalue weighted by molar-refractivity contribution is 0.308. The fourth-order valence-corrected chi connectivity index (χ4v) is 5.88. The van der Waals surface area contributed by atoms with Gasteiger partial charge in [0, 0.05) is 17.0 Å².